The standard InChI is InChI=1S/C14H22N5O6P/c1-14(2,3)13(20)24-5-9(25-8-26(21,22)23)4-19-7-18-10-11(15)16-6-17-12(10)19/h6-7,9H,4-5,8H2,1-3H3,(H2,15,16,17)(H2,21,22,23)/t9-/m0/s1. The van der Waals surface area contributed by atoms with E-state index in [0.29, 0.717) is 11.2 Å². The van der Waals surface area contributed by atoms with Crippen LogP contribution in [0.5, 0.6) is 0 Å². The van der Waals surface area contributed by atoms with Gasteiger partial charge in [0, 0.05) is 0 Å². The highest BCUT2D eigenvalue weighted by molar-refractivity contribution is 7.51. The number of imidazole rings is 1. The predicted molar refractivity (Wildman–Crippen MR) is 91.9 cm³/mol. The van der Waals surface area contributed by atoms with Crippen molar-refractivity contribution in [2.24, 2.45) is 5.41 Å². The molecule has 0 spiro atoms. The lowest BCUT2D eigenvalue weighted by Gasteiger charge is -2.22. The number of fused-ring (bicyclic) bond motifs is 1. The predicted octanol–water partition coefficient (Wildman–Crippen LogP) is 0.518. The molecule has 12 heteroatoms. The number of nitrogen functional groups attached to an aromatic ring is 1. The van der Waals surface area contributed by atoms with Gasteiger partial charge in [-0.3, -0.25) is 9.36 Å². The van der Waals surface area contributed by atoms with E-state index in [-0.39, 0.29) is 19.0 Å². The van der Waals surface area contributed by atoms with Crippen LogP contribution >= 0.6 is 7.60 Å². The lowest BCUT2D eigenvalue weighted by Crippen LogP contribution is -2.31. The van der Waals surface area contributed by atoms with Crippen LogP contribution in [0.15, 0.2) is 12.7 Å². The summed E-state index contributed by atoms with van der Waals surface area (Å²) in [4.78, 5) is 42.0. The molecule has 0 aromatic carbocycles. The van der Waals surface area contributed by atoms with Crippen molar-refractivity contribution >= 4 is 30.5 Å². The highest BCUT2D eigenvalue weighted by Gasteiger charge is 2.26. The number of carbonyl (C=O) groups is 1. The van der Waals surface area contributed by atoms with E-state index in [1.807, 2.05) is 0 Å². The van der Waals surface area contributed by atoms with E-state index < -0.39 is 31.4 Å². The van der Waals surface area contributed by atoms with Crippen molar-refractivity contribution in [3.05, 3.63) is 12.7 Å². The Morgan fingerprint density at radius 3 is 2.65 bits per heavy atom. The van der Waals surface area contributed by atoms with Crippen molar-refractivity contribution in [3.8, 4) is 0 Å². The topological polar surface area (TPSA) is 163 Å². The van der Waals surface area contributed by atoms with Gasteiger partial charge in [0.1, 0.15) is 30.9 Å². The van der Waals surface area contributed by atoms with Crippen LogP contribution in [0.3, 0.4) is 0 Å². The normalized spacial score (nSPS) is 13.7. The molecule has 0 saturated carbocycles. The molecule has 2 rings (SSSR count). The van der Waals surface area contributed by atoms with Gasteiger partial charge in [0.2, 0.25) is 0 Å². The molecule has 0 fully saturated rings. The van der Waals surface area contributed by atoms with Crippen LogP contribution in [0.2, 0.25) is 0 Å². The van der Waals surface area contributed by atoms with Gasteiger partial charge in [-0.1, -0.05) is 0 Å². The molecule has 2 aromatic heterocycles. The maximum atomic E-state index is 11.9. The SMILES string of the molecule is CC(C)(C)C(=O)OC[C@H](Cn1cnc2c(N)ncnc21)OCP(=O)(O)O. The molecule has 0 aliphatic rings. The number of rotatable bonds is 7. The average molecular weight is 387 g/mol. The second kappa shape index (κ2) is 7.67. The zero-order valence-electron chi connectivity index (χ0n) is 14.7. The molecule has 2 aromatic rings. The average Bonchev–Trinajstić information content (AvgIpc) is 2.92. The second-order valence-corrected chi connectivity index (χ2v) is 8.35. The summed E-state index contributed by atoms with van der Waals surface area (Å²) < 4.78 is 23.2. The highest BCUT2D eigenvalue weighted by atomic mass is 31.2. The largest absolute Gasteiger partial charge is 0.462 e. The fourth-order valence-corrected chi connectivity index (χ4v) is 2.40. The van der Waals surface area contributed by atoms with E-state index in [4.69, 9.17) is 25.0 Å². The van der Waals surface area contributed by atoms with Crippen molar-refractivity contribution in [2.75, 3.05) is 18.7 Å². The minimum absolute atomic E-state index is 0.102. The van der Waals surface area contributed by atoms with Gasteiger partial charge in [-0.2, -0.15) is 0 Å². The Labute approximate surface area is 149 Å². The molecule has 0 bridgehead atoms. The number of nitrogens with two attached hydrogens (primary N) is 1. The van der Waals surface area contributed by atoms with Crippen LogP contribution in [0, 0.1) is 5.41 Å². The molecule has 2 heterocycles. The summed E-state index contributed by atoms with van der Waals surface area (Å²) in [5.74, 6) is -0.245. The van der Waals surface area contributed by atoms with E-state index in [9.17, 15) is 9.36 Å². The molecular weight excluding hydrogens is 365 g/mol. The third-order valence-electron chi connectivity index (χ3n) is 3.32. The van der Waals surface area contributed by atoms with E-state index in [1.165, 1.54) is 12.7 Å². The van der Waals surface area contributed by atoms with Crippen molar-refractivity contribution < 1.29 is 28.6 Å². The Bertz CT molecular complexity index is 827. The van der Waals surface area contributed by atoms with Gasteiger partial charge in [-0.25, -0.2) is 15.0 Å². The van der Waals surface area contributed by atoms with E-state index in [0.717, 1.165) is 0 Å². The van der Waals surface area contributed by atoms with Crippen molar-refractivity contribution in [1.82, 2.24) is 19.5 Å². The summed E-state index contributed by atoms with van der Waals surface area (Å²) in [5.41, 5.74) is 5.85. The molecule has 26 heavy (non-hydrogen) atoms. The monoisotopic (exact) mass is 387 g/mol. The first-order valence-electron chi connectivity index (χ1n) is 7.72. The lowest BCUT2D eigenvalue weighted by atomic mass is 9.97. The Morgan fingerprint density at radius 1 is 1.35 bits per heavy atom. The quantitative estimate of drug-likeness (QED) is 0.451. The molecule has 0 aliphatic heterocycles. The lowest BCUT2D eigenvalue weighted by molar-refractivity contribution is -0.157. The van der Waals surface area contributed by atoms with Gasteiger partial charge in [0.25, 0.3) is 0 Å². The molecule has 1 atom stereocenters. The molecule has 0 radical (unpaired) electrons. The Kier molecular flexibility index (Phi) is 5.97. The summed E-state index contributed by atoms with van der Waals surface area (Å²) in [6.07, 6.45) is 1.12. The zero-order valence-corrected chi connectivity index (χ0v) is 15.6. The zero-order chi connectivity index (χ0) is 19.5. The third kappa shape index (κ3) is 5.46. The van der Waals surface area contributed by atoms with E-state index in [1.54, 1.807) is 25.3 Å². The Hall–Kier alpha value is -2.07. The fraction of sp³-hybridized carbons (Fsp3) is 0.571. The molecule has 4 N–H and O–H groups in total. The first-order valence-corrected chi connectivity index (χ1v) is 9.52. The Morgan fingerprint density at radius 2 is 2.04 bits per heavy atom. The van der Waals surface area contributed by atoms with Gasteiger partial charge < -0.3 is 29.6 Å². The maximum Gasteiger partial charge on any atom is 0.350 e. The van der Waals surface area contributed by atoms with Crippen LogP contribution in [-0.4, -0.2) is 54.3 Å². The van der Waals surface area contributed by atoms with Gasteiger partial charge in [0.15, 0.2) is 11.5 Å². The van der Waals surface area contributed by atoms with Crippen molar-refractivity contribution in [3.63, 3.8) is 0 Å². The minimum Gasteiger partial charge on any atom is -0.462 e. The number of esters is 1. The molecule has 0 aliphatic carbocycles. The molecule has 144 valence electrons. The summed E-state index contributed by atoms with van der Waals surface area (Å²) in [6, 6.07) is 0. The number of anilines is 1. The van der Waals surface area contributed by atoms with Crippen LogP contribution in [0.1, 0.15) is 20.8 Å². The number of hydrogen-bond acceptors (Lipinski definition) is 8. The van der Waals surface area contributed by atoms with Crippen LogP contribution in [0.25, 0.3) is 11.2 Å². The summed E-state index contributed by atoms with van der Waals surface area (Å²) >= 11 is 0. The minimum atomic E-state index is -4.38. The van der Waals surface area contributed by atoms with Crippen molar-refractivity contribution in [1.29, 1.82) is 0 Å². The highest BCUT2D eigenvalue weighted by Crippen LogP contribution is 2.34. The number of ether oxygens (including phenoxy) is 2. The number of aromatic nitrogens is 4. The maximum absolute atomic E-state index is 11.9. The smallest absolute Gasteiger partial charge is 0.350 e. The van der Waals surface area contributed by atoms with Crippen LogP contribution in [0.4, 0.5) is 5.82 Å². The van der Waals surface area contributed by atoms with E-state index >= 15 is 0 Å². The first-order chi connectivity index (χ1) is 12.0. The number of carbonyl (C=O) groups excluding carboxylic acids is 1. The molecule has 0 unspecified atom stereocenters. The fourth-order valence-electron chi connectivity index (χ4n) is 1.99. The second-order valence-electron chi connectivity index (χ2n) is 6.76. The van der Waals surface area contributed by atoms with Gasteiger partial charge >= 0.3 is 13.6 Å². The number of hydrogen-bond donors (Lipinski definition) is 3. The summed E-state index contributed by atoms with van der Waals surface area (Å²) in [6.45, 7) is 5.01. The molecular formula is C14H22N5O6P. The Balaban J connectivity index is 2.15. The molecule has 0 saturated heterocycles. The summed E-state index contributed by atoms with van der Waals surface area (Å²) in [5, 5.41) is 0. The van der Waals surface area contributed by atoms with E-state index in [2.05, 4.69) is 15.0 Å². The number of nitrogens with zero attached hydrogens (tertiary/aromatic N) is 4. The van der Waals surface area contributed by atoms with Gasteiger partial charge in [0.05, 0.1) is 18.3 Å². The van der Waals surface area contributed by atoms with Crippen molar-refractivity contribution in [2.45, 2.75) is 33.4 Å². The third-order valence-corrected chi connectivity index (χ3v) is 3.81. The molecule has 11 nitrogen and oxygen atoms in total. The van der Waals surface area contributed by atoms with Crippen LogP contribution in [-0.2, 0) is 25.4 Å². The van der Waals surface area contributed by atoms with Gasteiger partial charge in [-0.15, -0.1) is 0 Å². The first kappa shape index (κ1) is 20.2. The summed E-state index contributed by atoms with van der Waals surface area (Å²) in [7, 11) is -4.38. The molecule has 0 amide bonds. The van der Waals surface area contributed by atoms with Gasteiger partial charge in [-0.05, 0) is 20.8 Å². The van der Waals surface area contributed by atoms with Crippen LogP contribution < -0.4 is 5.73 Å².